The first-order valence-corrected chi connectivity index (χ1v) is 11.7. The zero-order chi connectivity index (χ0) is 24.5. The molecule has 2 aromatic carbocycles. The molecule has 4 rings (SSSR count). The second kappa shape index (κ2) is 11.7. The maximum Gasteiger partial charge on any atom is 0.255 e. The Balaban J connectivity index is 1.41. The Morgan fingerprint density at radius 2 is 1.94 bits per heavy atom. The lowest BCUT2D eigenvalue weighted by molar-refractivity contribution is 0.102. The lowest BCUT2D eigenvalue weighted by atomic mass is 10.1. The molecule has 4 aromatic rings. The number of carbonyl (C=O) groups is 1. The van der Waals surface area contributed by atoms with Crippen molar-refractivity contribution < 1.29 is 13.9 Å². The summed E-state index contributed by atoms with van der Waals surface area (Å²) in [6, 6.07) is 13.1. The lowest BCUT2D eigenvalue weighted by Crippen LogP contribution is -2.13. The van der Waals surface area contributed by atoms with Crippen molar-refractivity contribution in [3.63, 3.8) is 0 Å². The fourth-order valence-electron chi connectivity index (χ4n) is 3.60. The van der Waals surface area contributed by atoms with Crippen molar-refractivity contribution in [3.05, 3.63) is 76.7 Å². The number of rotatable bonds is 11. The summed E-state index contributed by atoms with van der Waals surface area (Å²) in [6.07, 6.45) is 10.9. The molecular formula is C26H27N5O4. The smallest absolute Gasteiger partial charge is 0.255 e. The number of H-pyrrole nitrogens is 1. The molecule has 180 valence electrons. The van der Waals surface area contributed by atoms with Gasteiger partial charge in [-0.05, 0) is 65.7 Å². The Morgan fingerprint density at radius 1 is 1.11 bits per heavy atom. The summed E-state index contributed by atoms with van der Waals surface area (Å²) >= 11 is 0. The average Bonchev–Trinajstić information content (AvgIpc) is 3.42. The molecule has 0 aliphatic heterocycles. The van der Waals surface area contributed by atoms with Crippen LogP contribution in [0.3, 0.4) is 0 Å². The number of tetrazole rings is 1. The Bertz CT molecular complexity index is 1340. The SMILES string of the molecule is CCCCCCCC=COc1ccc(C(=O)Nc2cccc3c(=O)cc(-c4nnn[nH]4)oc23)cc1. The van der Waals surface area contributed by atoms with Crippen molar-refractivity contribution in [1.82, 2.24) is 20.6 Å². The highest BCUT2D eigenvalue weighted by molar-refractivity contribution is 6.08. The van der Waals surface area contributed by atoms with Gasteiger partial charge in [-0.25, -0.2) is 5.10 Å². The highest BCUT2D eigenvalue weighted by Crippen LogP contribution is 2.26. The van der Waals surface area contributed by atoms with Crippen molar-refractivity contribution >= 4 is 22.6 Å². The second-order valence-corrected chi connectivity index (χ2v) is 8.08. The number of hydrogen-bond acceptors (Lipinski definition) is 7. The van der Waals surface area contributed by atoms with Crippen LogP contribution in [0.15, 0.2) is 70.1 Å². The van der Waals surface area contributed by atoms with E-state index in [2.05, 4.69) is 32.9 Å². The predicted molar refractivity (Wildman–Crippen MR) is 133 cm³/mol. The predicted octanol–water partition coefficient (Wildman–Crippen LogP) is 5.48. The summed E-state index contributed by atoms with van der Waals surface area (Å²) in [5, 5.41) is 16.5. The molecule has 35 heavy (non-hydrogen) atoms. The summed E-state index contributed by atoms with van der Waals surface area (Å²) in [5.74, 6) is 0.683. The highest BCUT2D eigenvalue weighted by atomic mass is 16.5. The molecule has 9 nitrogen and oxygen atoms in total. The summed E-state index contributed by atoms with van der Waals surface area (Å²) in [6.45, 7) is 2.21. The van der Waals surface area contributed by atoms with Crippen LogP contribution in [0, 0.1) is 0 Å². The van der Waals surface area contributed by atoms with E-state index in [1.807, 2.05) is 6.08 Å². The van der Waals surface area contributed by atoms with Crippen molar-refractivity contribution in [1.29, 1.82) is 0 Å². The molecule has 0 saturated heterocycles. The van der Waals surface area contributed by atoms with Gasteiger partial charge in [-0.3, -0.25) is 9.59 Å². The highest BCUT2D eigenvalue weighted by Gasteiger charge is 2.15. The summed E-state index contributed by atoms with van der Waals surface area (Å²) in [7, 11) is 0. The molecule has 2 heterocycles. The quantitative estimate of drug-likeness (QED) is 0.218. The third kappa shape index (κ3) is 6.20. The van der Waals surface area contributed by atoms with Gasteiger partial charge in [-0.2, -0.15) is 0 Å². The van der Waals surface area contributed by atoms with Crippen LogP contribution < -0.4 is 15.5 Å². The number of aromatic nitrogens is 4. The number of aromatic amines is 1. The molecule has 1 amide bonds. The second-order valence-electron chi connectivity index (χ2n) is 8.08. The molecule has 2 N–H and O–H groups in total. The summed E-state index contributed by atoms with van der Waals surface area (Å²) < 4.78 is 11.5. The number of para-hydroxylation sites is 1. The Morgan fingerprint density at radius 3 is 2.71 bits per heavy atom. The van der Waals surface area contributed by atoms with Crippen LogP contribution >= 0.6 is 0 Å². The molecule has 2 aromatic heterocycles. The number of carbonyl (C=O) groups excluding carboxylic acids is 1. The van der Waals surface area contributed by atoms with E-state index in [9.17, 15) is 9.59 Å². The average molecular weight is 474 g/mol. The topological polar surface area (TPSA) is 123 Å². The van der Waals surface area contributed by atoms with Crippen LogP contribution in [0.5, 0.6) is 5.75 Å². The molecule has 0 aliphatic carbocycles. The molecule has 0 spiro atoms. The zero-order valence-corrected chi connectivity index (χ0v) is 19.5. The maximum atomic E-state index is 12.9. The zero-order valence-electron chi connectivity index (χ0n) is 19.5. The van der Waals surface area contributed by atoms with Gasteiger partial charge >= 0.3 is 0 Å². The molecule has 0 aliphatic rings. The van der Waals surface area contributed by atoms with Gasteiger partial charge in [-0.15, -0.1) is 5.10 Å². The van der Waals surface area contributed by atoms with Gasteiger partial charge in [0.2, 0.25) is 5.82 Å². The Hall–Kier alpha value is -4.27. The van der Waals surface area contributed by atoms with Crippen molar-refractivity contribution in [2.45, 2.75) is 45.4 Å². The lowest BCUT2D eigenvalue weighted by Gasteiger charge is -2.09. The number of allylic oxidation sites excluding steroid dienone is 1. The third-order valence-corrected chi connectivity index (χ3v) is 5.47. The number of fused-ring (bicyclic) bond motifs is 1. The van der Waals surface area contributed by atoms with Gasteiger partial charge in [0, 0.05) is 11.6 Å². The first-order valence-electron chi connectivity index (χ1n) is 11.7. The normalized spacial score (nSPS) is 11.2. The van der Waals surface area contributed by atoms with Crippen LogP contribution in [0.2, 0.25) is 0 Å². The molecule has 0 atom stereocenters. The number of hydrogen-bond donors (Lipinski definition) is 2. The number of unbranched alkanes of at least 4 members (excludes halogenated alkanes) is 5. The monoisotopic (exact) mass is 473 g/mol. The van der Waals surface area contributed by atoms with E-state index in [0.29, 0.717) is 22.4 Å². The molecule has 0 bridgehead atoms. The van der Waals surface area contributed by atoms with Gasteiger partial charge < -0.3 is 14.5 Å². The number of amides is 1. The maximum absolute atomic E-state index is 12.9. The molecule has 0 saturated carbocycles. The van der Waals surface area contributed by atoms with Crippen LogP contribution in [-0.2, 0) is 0 Å². The minimum Gasteiger partial charge on any atom is -0.465 e. The van der Waals surface area contributed by atoms with Crippen LogP contribution in [0.4, 0.5) is 5.69 Å². The number of anilines is 1. The molecule has 0 unspecified atom stereocenters. The Labute approximate surface area is 202 Å². The van der Waals surface area contributed by atoms with E-state index in [1.165, 1.54) is 31.7 Å². The minimum absolute atomic E-state index is 0.171. The largest absolute Gasteiger partial charge is 0.465 e. The number of benzene rings is 2. The fourth-order valence-corrected chi connectivity index (χ4v) is 3.60. The van der Waals surface area contributed by atoms with Crippen molar-refractivity contribution in [3.8, 4) is 17.3 Å². The third-order valence-electron chi connectivity index (χ3n) is 5.47. The van der Waals surface area contributed by atoms with E-state index in [-0.39, 0.29) is 28.5 Å². The van der Waals surface area contributed by atoms with E-state index in [4.69, 9.17) is 9.15 Å². The molecule has 9 heteroatoms. The van der Waals surface area contributed by atoms with Crippen molar-refractivity contribution in [2.24, 2.45) is 0 Å². The fraction of sp³-hybridized carbons (Fsp3) is 0.269. The summed E-state index contributed by atoms with van der Waals surface area (Å²) in [5.41, 5.74) is 0.761. The van der Waals surface area contributed by atoms with E-state index in [0.717, 1.165) is 12.8 Å². The molecule has 0 fully saturated rings. The van der Waals surface area contributed by atoms with Crippen LogP contribution in [0.1, 0.15) is 55.8 Å². The van der Waals surface area contributed by atoms with Gasteiger partial charge in [0.05, 0.1) is 17.3 Å². The number of nitrogens with zero attached hydrogens (tertiary/aromatic N) is 3. The molecule has 0 radical (unpaired) electrons. The van der Waals surface area contributed by atoms with Crippen molar-refractivity contribution in [2.75, 3.05) is 5.32 Å². The first kappa shape index (κ1) is 23.9. The van der Waals surface area contributed by atoms with E-state index in [1.54, 1.807) is 48.7 Å². The number of ether oxygens (including phenoxy) is 1. The van der Waals surface area contributed by atoms with Gasteiger partial charge in [0.15, 0.2) is 16.8 Å². The number of nitrogens with one attached hydrogen (secondary N) is 2. The van der Waals surface area contributed by atoms with Gasteiger partial charge in [-0.1, -0.05) is 38.7 Å². The van der Waals surface area contributed by atoms with E-state index >= 15 is 0 Å². The molecular weight excluding hydrogens is 446 g/mol. The van der Waals surface area contributed by atoms with Gasteiger partial charge in [0.1, 0.15) is 5.75 Å². The van der Waals surface area contributed by atoms with Crippen LogP contribution in [-0.4, -0.2) is 26.5 Å². The van der Waals surface area contributed by atoms with E-state index < -0.39 is 0 Å². The Kier molecular flexibility index (Phi) is 8.00. The first-order chi connectivity index (χ1) is 17.2. The van der Waals surface area contributed by atoms with Gasteiger partial charge in [0.25, 0.3) is 5.91 Å². The minimum atomic E-state index is -0.346. The van der Waals surface area contributed by atoms with Crippen LogP contribution in [0.25, 0.3) is 22.6 Å². The summed E-state index contributed by atoms with van der Waals surface area (Å²) in [4.78, 5) is 25.4. The standard InChI is InChI=1S/C26H27N5O4/c1-2-3-4-5-6-7-8-16-34-19-14-12-18(13-15-19)26(33)27-21-11-9-10-20-22(32)17-23(35-24(20)21)25-28-30-31-29-25/h8-17H,2-7H2,1H3,(H,27,33)(H,28,29,30,31).